The summed E-state index contributed by atoms with van der Waals surface area (Å²) in [7, 11) is 0. The smallest absolute Gasteiger partial charge is 0.253 e. The molecule has 7 heteroatoms. The summed E-state index contributed by atoms with van der Waals surface area (Å²) in [5.74, 6) is 0.117. The lowest BCUT2D eigenvalue weighted by atomic mass is 10.1. The molecule has 0 radical (unpaired) electrons. The number of nitrogen functional groups attached to an aromatic ring is 1. The van der Waals surface area contributed by atoms with E-state index in [1.54, 1.807) is 24.3 Å². The fraction of sp³-hybridized carbons (Fsp3) is 0.500. The van der Waals surface area contributed by atoms with Crippen molar-refractivity contribution in [2.24, 2.45) is 0 Å². The van der Waals surface area contributed by atoms with Gasteiger partial charge in [0.05, 0.1) is 0 Å². The zero-order valence-corrected chi connectivity index (χ0v) is 13.2. The number of piperazine rings is 1. The van der Waals surface area contributed by atoms with Crippen molar-refractivity contribution in [2.45, 2.75) is 13.3 Å². The van der Waals surface area contributed by atoms with E-state index in [0.29, 0.717) is 5.69 Å². The maximum Gasteiger partial charge on any atom is 0.253 e. The van der Waals surface area contributed by atoms with Gasteiger partial charge in [-0.25, -0.2) is 0 Å². The van der Waals surface area contributed by atoms with Gasteiger partial charge >= 0.3 is 0 Å². The maximum absolute atomic E-state index is 12.2. The number of hydrogen-bond acceptors (Lipinski definition) is 3. The summed E-state index contributed by atoms with van der Waals surface area (Å²) >= 11 is 0. The summed E-state index contributed by atoms with van der Waals surface area (Å²) in [5, 5.41) is 0. The van der Waals surface area contributed by atoms with Crippen LogP contribution in [-0.2, 0) is 0 Å². The predicted molar refractivity (Wildman–Crippen MR) is 88.0 cm³/mol. The van der Waals surface area contributed by atoms with Crippen molar-refractivity contribution >= 4 is 24.0 Å². The van der Waals surface area contributed by atoms with Gasteiger partial charge in [-0.3, -0.25) is 9.69 Å². The van der Waals surface area contributed by atoms with Crippen molar-refractivity contribution in [2.75, 3.05) is 38.5 Å². The fourth-order valence-electron chi connectivity index (χ4n) is 2.30. The van der Waals surface area contributed by atoms with Gasteiger partial charge in [-0.2, -0.15) is 0 Å². The molecule has 0 bridgehead atoms. The summed E-state index contributed by atoms with van der Waals surface area (Å²) in [4.78, 5) is 16.6. The van der Waals surface area contributed by atoms with Crippen molar-refractivity contribution in [3.05, 3.63) is 29.8 Å². The van der Waals surface area contributed by atoms with Crippen molar-refractivity contribution < 1.29 is 15.7 Å². The van der Waals surface area contributed by atoms with E-state index in [1.165, 1.54) is 6.42 Å². The number of nitrogens with zero attached hydrogens (tertiary/aromatic N) is 2. The van der Waals surface area contributed by atoms with E-state index in [2.05, 4.69) is 11.8 Å². The summed E-state index contributed by atoms with van der Waals surface area (Å²) in [6.07, 6.45) is 1.17. The van der Waals surface area contributed by atoms with Crippen LogP contribution in [0.25, 0.3) is 0 Å². The molecule has 0 saturated carbocycles. The highest BCUT2D eigenvalue weighted by Gasteiger charge is 2.21. The summed E-state index contributed by atoms with van der Waals surface area (Å²) in [6.45, 7) is 6.92. The van der Waals surface area contributed by atoms with E-state index in [4.69, 9.17) is 5.73 Å². The van der Waals surface area contributed by atoms with Crippen molar-refractivity contribution in [3.8, 4) is 0 Å². The highest BCUT2D eigenvalue weighted by molar-refractivity contribution is 5.94. The third-order valence-corrected chi connectivity index (χ3v) is 3.36. The topological polar surface area (TPSA) is 113 Å². The first-order valence-electron chi connectivity index (χ1n) is 6.58. The lowest BCUT2D eigenvalue weighted by molar-refractivity contribution is 0.0637. The van der Waals surface area contributed by atoms with Gasteiger partial charge in [0.25, 0.3) is 5.91 Å². The molecule has 1 aliphatic heterocycles. The van der Waals surface area contributed by atoms with Gasteiger partial charge in [-0.1, -0.05) is 6.92 Å². The van der Waals surface area contributed by atoms with Crippen molar-refractivity contribution in [1.82, 2.24) is 9.80 Å². The Balaban J connectivity index is 0. The molecule has 0 spiro atoms. The van der Waals surface area contributed by atoms with E-state index in [9.17, 15) is 4.79 Å². The number of anilines is 1. The minimum absolute atomic E-state index is 0. The van der Waals surface area contributed by atoms with E-state index in [1.807, 2.05) is 4.90 Å². The minimum Gasteiger partial charge on any atom is -0.412 e. The molecule has 6 nitrogen and oxygen atoms in total. The number of carbonyl (C=O) groups excluding carboxylic acids is 1. The predicted octanol–water partition coefficient (Wildman–Crippen LogP) is 0.209. The summed E-state index contributed by atoms with van der Waals surface area (Å²) in [5.41, 5.74) is 7.05. The van der Waals surface area contributed by atoms with E-state index in [0.717, 1.165) is 38.3 Å². The van der Waals surface area contributed by atoms with Crippen LogP contribution in [-0.4, -0.2) is 59.4 Å². The Hall–Kier alpha value is -1.34. The van der Waals surface area contributed by atoms with Gasteiger partial charge in [-0.05, 0) is 37.2 Å². The Bertz CT molecular complexity index is 406. The monoisotopic (exact) mass is 319 g/mol. The number of carbonyl (C=O) groups is 1. The third kappa shape index (κ3) is 5.89. The first kappa shape index (κ1) is 21.9. The lowest BCUT2D eigenvalue weighted by Gasteiger charge is -2.34. The number of nitrogens with two attached hydrogens (primary N) is 1. The molecule has 1 aromatic rings. The normalized spacial score (nSPS) is 14.4. The summed E-state index contributed by atoms with van der Waals surface area (Å²) < 4.78 is 0. The van der Waals surface area contributed by atoms with Crippen LogP contribution in [0.2, 0.25) is 0 Å². The lowest BCUT2D eigenvalue weighted by Crippen LogP contribution is -2.48. The molecule has 1 fully saturated rings. The van der Waals surface area contributed by atoms with E-state index < -0.39 is 0 Å². The zero-order chi connectivity index (χ0) is 13.0. The number of amides is 1. The van der Waals surface area contributed by atoms with Crippen LogP contribution in [0.4, 0.5) is 5.69 Å². The molecule has 2 rings (SSSR count). The van der Waals surface area contributed by atoms with Crippen molar-refractivity contribution in [1.29, 1.82) is 0 Å². The first-order chi connectivity index (χ1) is 8.70. The average molecular weight is 320 g/mol. The standard InChI is InChI=1S/C14H21N3O.ClH.2H2O/c1-2-7-16-8-10-17(11-9-16)14(18)12-3-5-13(15)6-4-12;;;/h3-6H,2,7-11,15H2,1H3;1H;2*1H2. The largest absolute Gasteiger partial charge is 0.412 e. The highest BCUT2D eigenvalue weighted by Crippen LogP contribution is 2.11. The number of benzene rings is 1. The summed E-state index contributed by atoms with van der Waals surface area (Å²) in [6, 6.07) is 7.16. The van der Waals surface area contributed by atoms with Crippen LogP contribution in [0.5, 0.6) is 0 Å². The third-order valence-electron chi connectivity index (χ3n) is 3.36. The van der Waals surface area contributed by atoms with Gasteiger partial charge in [0.15, 0.2) is 0 Å². The van der Waals surface area contributed by atoms with Crippen LogP contribution in [0.1, 0.15) is 23.7 Å². The number of rotatable bonds is 3. The molecule has 0 aliphatic carbocycles. The molecule has 1 amide bonds. The Morgan fingerprint density at radius 3 is 2.10 bits per heavy atom. The highest BCUT2D eigenvalue weighted by atomic mass is 35.5. The SMILES string of the molecule is CCCN1CCN(C(=O)c2ccc(N)cc2)CC1.Cl.O.O. The van der Waals surface area contributed by atoms with E-state index >= 15 is 0 Å². The average Bonchev–Trinajstić information content (AvgIpc) is 2.40. The second-order valence-electron chi connectivity index (χ2n) is 4.76. The molecule has 1 saturated heterocycles. The molecule has 1 heterocycles. The molecule has 1 aromatic carbocycles. The molecule has 0 unspecified atom stereocenters. The van der Waals surface area contributed by atoms with Gasteiger partial charge in [0.2, 0.25) is 0 Å². The van der Waals surface area contributed by atoms with Crippen LogP contribution in [0.3, 0.4) is 0 Å². The molecule has 6 N–H and O–H groups in total. The Labute approximate surface area is 131 Å². The molecule has 122 valence electrons. The quantitative estimate of drug-likeness (QED) is 0.803. The van der Waals surface area contributed by atoms with Crippen LogP contribution in [0, 0.1) is 0 Å². The molecular formula is C14H26ClN3O3. The maximum atomic E-state index is 12.2. The zero-order valence-electron chi connectivity index (χ0n) is 12.3. The van der Waals surface area contributed by atoms with Crippen molar-refractivity contribution in [3.63, 3.8) is 0 Å². The van der Waals surface area contributed by atoms with Gasteiger partial charge in [-0.15, -0.1) is 12.4 Å². The first-order valence-corrected chi connectivity index (χ1v) is 6.58. The Kier molecular flexibility index (Phi) is 10.9. The number of halogens is 1. The molecule has 21 heavy (non-hydrogen) atoms. The Morgan fingerprint density at radius 1 is 1.10 bits per heavy atom. The van der Waals surface area contributed by atoms with Crippen LogP contribution < -0.4 is 5.73 Å². The van der Waals surface area contributed by atoms with Gasteiger partial charge < -0.3 is 21.6 Å². The molecule has 0 aromatic heterocycles. The molecular weight excluding hydrogens is 294 g/mol. The molecule has 1 aliphatic rings. The Morgan fingerprint density at radius 2 is 1.62 bits per heavy atom. The molecule has 0 atom stereocenters. The van der Waals surface area contributed by atoms with Crippen LogP contribution in [0.15, 0.2) is 24.3 Å². The van der Waals surface area contributed by atoms with Gasteiger partial charge in [0, 0.05) is 37.4 Å². The second kappa shape index (κ2) is 10.4. The van der Waals surface area contributed by atoms with Gasteiger partial charge in [0.1, 0.15) is 0 Å². The number of hydrogen-bond donors (Lipinski definition) is 1. The van der Waals surface area contributed by atoms with E-state index in [-0.39, 0.29) is 29.3 Å². The minimum atomic E-state index is 0. The second-order valence-corrected chi connectivity index (χ2v) is 4.76. The fourth-order valence-corrected chi connectivity index (χ4v) is 2.30. The van der Waals surface area contributed by atoms with Crippen LogP contribution >= 0.6 is 12.4 Å².